The van der Waals surface area contributed by atoms with Crippen molar-refractivity contribution in [2.24, 2.45) is 0 Å². The van der Waals surface area contributed by atoms with Crippen molar-refractivity contribution in [3.63, 3.8) is 0 Å². The summed E-state index contributed by atoms with van der Waals surface area (Å²) >= 11 is 1.30. The number of benzene rings is 2. The Kier molecular flexibility index (Phi) is 5.13. The van der Waals surface area contributed by atoms with Gasteiger partial charge in [0.05, 0.1) is 29.5 Å². The van der Waals surface area contributed by atoms with E-state index in [0.717, 1.165) is 16.9 Å². The van der Waals surface area contributed by atoms with E-state index in [1.807, 2.05) is 35.6 Å². The Morgan fingerprint density at radius 1 is 1.10 bits per heavy atom. The van der Waals surface area contributed by atoms with Crippen molar-refractivity contribution in [2.45, 2.75) is 11.9 Å². The average molecular weight is 407 g/mol. The number of thioether (sulfide) groups is 1. The van der Waals surface area contributed by atoms with E-state index in [0.29, 0.717) is 21.9 Å². The van der Waals surface area contributed by atoms with Gasteiger partial charge in [0, 0.05) is 5.69 Å². The maximum Gasteiger partial charge on any atom is 0.337 e. The molecule has 0 bridgehead atoms. The van der Waals surface area contributed by atoms with Gasteiger partial charge in [-0.05, 0) is 43.3 Å². The predicted octanol–water partition coefficient (Wildman–Crippen LogP) is 3.10. The van der Waals surface area contributed by atoms with E-state index in [9.17, 15) is 9.59 Å². The average Bonchev–Trinajstić information content (AvgIpc) is 3.14. The molecule has 0 fully saturated rings. The van der Waals surface area contributed by atoms with E-state index < -0.39 is 5.97 Å². The molecule has 1 N–H and O–H groups in total. The Labute approximate surface area is 170 Å². The molecule has 0 unspecified atom stereocenters. The predicted molar refractivity (Wildman–Crippen MR) is 110 cm³/mol. The Bertz CT molecular complexity index is 1220. The minimum Gasteiger partial charge on any atom is -0.465 e. The number of carbonyl (C=O) groups is 2. The molecule has 146 valence electrons. The minimum atomic E-state index is -0.423. The third-order valence-corrected chi connectivity index (χ3v) is 5.24. The third kappa shape index (κ3) is 3.77. The molecule has 2 aromatic carbocycles. The number of hydrogen-bond acceptors (Lipinski definition) is 7. The second-order valence-electron chi connectivity index (χ2n) is 6.22. The van der Waals surface area contributed by atoms with Gasteiger partial charge in [0.15, 0.2) is 5.65 Å². The summed E-state index contributed by atoms with van der Waals surface area (Å²) in [6.45, 7) is 1.88. The van der Waals surface area contributed by atoms with Crippen molar-refractivity contribution < 1.29 is 14.3 Å². The molecule has 0 aliphatic heterocycles. The van der Waals surface area contributed by atoms with Gasteiger partial charge in [-0.3, -0.25) is 9.20 Å². The highest BCUT2D eigenvalue weighted by Gasteiger charge is 2.15. The first-order valence-corrected chi connectivity index (χ1v) is 9.77. The molecule has 0 radical (unpaired) electrons. The monoisotopic (exact) mass is 407 g/mol. The SMILES string of the molecule is COC(=O)c1ccc(NC(=O)CSc2nc3ccccc3n3c(C)nnc23)cc1. The fourth-order valence-electron chi connectivity index (χ4n) is 2.93. The van der Waals surface area contributed by atoms with Gasteiger partial charge in [0.1, 0.15) is 10.9 Å². The van der Waals surface area contributed by atoms with Crippen LogP contribution in [-0.4, -0.2) is 44.3 Å². The first-order valence-electron chi connectivity index (χ1n) is 8.78. The largest absolute Gasteiger partial charge is 0.465 e. The summed E-state index contributed by atoms with van der Waals surface area (Å²) < 4.78 is 6.60. The van der Waals surface area contributed by atoms with Crippen LogP contribution >= 0.6 is 11.8 Å². The van der Waals surface area contributed by atoms with E-state index in [2.05, 4.69) is 25.2 Å². The summed E-state index contributed by atoms with van der Waals surface area (Å²) in [6.07, 6.45) is 0. The number of esters is 1. The van der Waals surface area contributed by atoms with Crippen LogP contribution in [0.2, 0.25) is 0 Å². The molecule has 0 saturated heterocycles. The molecule has 4 aromatic rings. The van der Waals surface area contributed by atoms with Gasteiger partial charge in [-0.1, -0.05) is 23.9 Å². The summed E-state index contributed by atoms with van der Waals surface area (Å²) in [5.41, 5.74) is 3.37. The second kappa shape index (κ2) is 7.88. The number of fused-ring (bicyclic) bond motifs is 3. The molecule has 9 heteroatoms. The summed E-state index contributed by atoms with van der Waals surface area (Å²) in [5.74, 6) is 0.306. The standard InChI is InChI=1S/C20H17N5O3S/c1-12-23-24-18-19(22-15-5-3-4-6-16(15)25(12)18)29-11-17(26)21-14-9-7-13(8-10-14)20(27)28-2/h3-10H,11H2,1-2H3,(H,21,26). The number of rotatable bonds is 5. The molecule has 4 rings (SSSR count). The number of hydrogen-bond donors (Lipinski definition) is 1. The summed E-state index contributed by atoms with van der Waals surface area (Å²) in [7, 11) is 1.32. The lowest BCUT2D eigenvalue weighted by atomic mass is 10.2. The molecule has 0 atom stereocenters. The van der Waals surface area contributed by atoms with Gasteiger partial charge in [0.2, 0.25) is 5.91 Å². The fraction of sp³-hybridized carbons (Fsp3) is 0.150. The molecule has 2 aromatic heterocycles. The molecular formula is C20H17N5O3S. The van der Waals surface area contributed by atoms with Crippen LogP contribution in [0.4, 0.5) is 5.69 Å². The number of carbonyl (C=O) groups excluding carboxylic acids is 2. The molecule has 2 heterocycles. The van der Waals surface area contributed by atoms with Gasteiger partial charge in [-0.25, -0.2) is 9.78 Å². The van der Waals surface area contributed by atoms with E-state index in [1.54, 1.807) is 24.3 Å². The Morgan fingerprint density at radius 3 is 2.62 bits per heavy atom. The topological polar surface area (TPSA) is 98.5 Å². The number of aromatic nitrogens is 4. The fourth-order valence-corrected chi connectivity index (χ4v) is 3.70. The molecule has 29 heavy (non-hydrogen) atoms. The number of methoxy groups -OCH3 is 1. The smallest absolute Gasteiger partial charge is 0.337 e. The number of nitrogens with zero attached hydrogens (tertiary/aromatic N) is 4. The van der Waals surface area contributed by atoms with E-state index >= 15 is 0 Å². The Hall–Kier alpha value is -3.46. The van der Waals surface area contributed by atoms with Crippen LogP contribution in [0.5, 0.6) is 0 Å². The van der Waals surface area contributed by atoms with Crippen molar-refractivity contribution >= 4 is 46.0 Å². The van der Waals surface area contributed by atoms with E-state index in [1.165, 1.54) is 18.9 Å². The van der Waals surface area contributed by atoms with Crippen LogP contribution in [0.1, 0.15) is 16.2 Å². The van der Waals surface area contributed by atoms with Crippen LogP contribution < -0.4 is 5.32 Å². The number of amides is 1. The quantitative estimate of drug-likeness (QED) is 0.401. The lowest BCUT2D eigenvalue weighted by molar-refractivity contribution is -0.113. The van der Waals surface area contributed by atoms with Crippen molar-refractivity contribution in [3.05, 3.63) is 59.9 Å². The van der Waals surface area contributed by atoms with Gasteiger partial charge in [0.25, 0.3) is 0 Å². The van der Waals surface area contributed by atoms with Crippen LogP contribution in [0, 0.1) is 6.92 Å². The normalized spacial score (nSPS) is 11.0. The molecule has 1 amide bonds. The second-order valence-corrected chi connectivity index (χ2v) is 7.18. The number of ether oxygens (including phenoxy) is 1. The van der Waals surface area contributed by atoms with Crippen LogP contribution in [0.25, 0.3) is 16.7 Å². The number of nitrogens with one attached hydrogen (secondary N) is 1. The first-order chi connectivity index (χ1) is 14.1. The summed E-state index contributed by atoms with van der Waals surface area (Å²) in [6, 6.07) is 14.2. The van der Waals surface area contributed by atoms with Crippen LogP contribution in [0.15, 0.2) is 53.6 Å². The molecule has 0 aliphatic carbocycles. The van der Waals surface area contributed by atoms with E-state index in [4.69, 9.17) is 0 Å². The highest BCUT2D eigenvalue weighted by molar-refractivity contribution is 8.00. The number of aryl methyl sites for hydroxylation is 1. The molecule has 0 aliphatic rings. The summed E-state index contributed by atoms with van der Waals surface area (Å²) in [5, 5.41) is 11.8. The Morgan fingerprint density at radius 2 is 1.86 bits per heavy atom. The zero-order chi connectivity index (χ0) is 20.4. The van der Waals surface area contributed by atoms with Gasteiger partial charge < -0.3 is 10.1 Å². The lowest BCUT2D eigenvalue weighted by Gasteiger charge is -2.08. The first kappa shape index (κ1) is 18.9. The molecule has 0 spiro atoms. The Balaban J connectivity index is 1.50. The third-order valence-electron chi connectivity index (χ3n) is 4.29. The van der Waals surface area contributed by atoms with Crippen molar-refractivity contribution in [1.82, 2.24) is 19.6 Å². The summed E-state index contributed by atoms with van der Waals surface area (Å²) in [4.78, 5) is 28.5. The molecule has 8 nitrogen and oxygen atoms in total. The van der Waals surface area contributed by atoms with Crippen LogP contribution in [0.3, 0.4) is 0 Å². The minimum absolute atomic E-state index is 0.158. The van der Waals surface area contributed by atoms with Crippen molar-refractivity contribution in [1.29, 1.82) is 0 Å². The zero-order valence-corrected chi connectivity index (χ0v) is 16.6. The van der Waals surface area contributed by atoms with Crippen LogP contribution in [-0.2, 0) is 9.53 Å². The maximum atomic E-state index is 12.4. The van der Waals surface area contributed by atoms with Gasteiger partial charge in [-0.2, -0.15) is 0 Å². The molecule has 0 saturated carbocycles. The lowest BCUT2D eigenvalue weighted by Crippen LogP contribution is -2.14. The van der Waals surface area contributed by atoms with Gasteiger partial charge >= 0.3 is 5.97 Å². The van der Waals surface area contributed by atoms with Crippen molar-refractivity contribution in [3.8, 4) is 0 Å². The number of anilines is 1. The highest BCUT2D eigenvalue weighted by atomic mass is 32.2. The van der Waals surface area contributed by atoms with Crippen molar-refractivity contribution in [2.75, 3.05) is 18.2 Å². The van der Waals surface area contributed by atoms with Gasteiger partial charge in [-0.15, -0.1) is 10.2 Å². The van der Waals surface area contributed by atoms with E-state index in [-0.39, 0.29) is 11.7 Å². The maximum absolute atomic E-state index is 12.4. The highest BCUT2D eigenvalue weighted by Crippen LogP contribution is 2.25. The number of para-hydroxylation sites is 2. The molecular weight excluding hydrogens is 390 g/mol. The zero-order valence-electron chi connectivity index (χ0n) is 15.7.